The topological polar surface area (TPSA) is 85.1 Å². The molecular weight excluding hydrogens is 282 g/mol. The SMILES string of the molecule is O=C(NCc1cccnc1)c1ccc([N+](=O)[O-])c(Cl)c1. The maximum absolute atomic E-state index is 11.9. The largest absolute Gasteiger partial charge is 0.348 e. The first-order valence-corrected chi connectivity index (χ1v) is 6.07. The zero-order chi connectivity index (χ0) is 14.5. The predicted octanol–water partition coefficient (Wildman–Crippen LogP) is 2.57. The molecule has 0 saturated heterocycles. The van der Waals surface area contributed by atoms with Crippen molar-refractivity contribution in [2.45, 2.75) is 6.54 Å². The van der Waals surface area contributed by atoms with Gasteiger partial charge in [-0.1, -0.05) is 17.7 Å². The highest BCUT2D eigenvalue weighted by Crippen LogP contribution is 2.24. The Balaban J connectivity index is 2.06. The van der Waals surface area contributed by atoms with Crippen LogP contribution in [-0.2, 0) is 6.54 Å². The smallest absolute Gasteiger partial charge is 0.287 e. The number of hydrogen-bond donors (Lipinski definition) is 1. The van der Waals surface area contributed by atoms with Crippen LogP contribution in [0.5, 0.6) is 0 Å². The molecule has 102 valence electrons. The zero-order valence-corrected chi connectivity index (χ0v) is 11.0. The molecule has 7 heteroatoms. The summed E-state index contributed by atoms with van der Waals surface area (Å²) in [7, 11) is 0. The van der Waals surface area contributed by atoms with E-state index in [2.05, 4.69) is 10.3 Å². The molecule has 6 nitrogen and oxygen atoms in total. The van der Waals surface area contributed by atoms with Crippen LogP contribution < -0.4 is 5.32 Å². The number of nitro groups is 1. The lowest BCUT2D eigenvalue weighted by atomic mass is 10.2. The Bertz CT molecular complexity index is 647. The highest BCUT2D eigenvalue weighted by molar-refractivity contribution is 6.33. The third-order valence-electron chi connectivity index (χ3n) is 2.58. The van der Waals surface area contributed by atoms with Gasteiger partial charge in [-0.15, -0.1) is 0 Å². The van der Waals surface area contributed by atoms with E-state index < -0.39 is 4.92 Å². The Morgan fingerprint density at radius 3 is 2.80 bits per heavy atom. The number of benzene rings is 1. The molecule has 1 heterocycles. The second kappa shape index (κ2) is 6.12. The molecule has 0 spiro atoms. The summed E-state index contributed by atoms with van der Waals surface area (Å²) in [5, 5.41) is 13.2. The number of halogens is 1. The van der Waals surface area contributed by atoms with Gasteiger partial charge >= 0.3 is 0 Å². The fourth-order valence-electron chi connectivity index (χ4n) is 1.58. The molecular formula is C13H10ClN3O3. The maximum Gasteiger partial charge on any atom is 0.287 e. The van der Waals surface area contributed by atoms with Crippen LogP contribution in [0, 0.1) is 10.1 Å². The Morgan fingerprint density at radius 1 is 1.40 bits per heavy atom. The van der Waals surface area contributed by atoms with Crippen molar-refractivity contribution in [3.63, 3.8) is 0 Å². The van der Waals surface area contributed by atoms with Crippen molar-refractivity contribution in [2.24, 2.45) is 0 Å². The summed E-state index contributed by atoms with van der Waals surface area (Å²) in [6.45, 7) is 0.321. The third kappa shape index (κ3) is 3.30. The number of nitro benzene ring substituents is 1. The lowest BCUT2D eigenvalue weighted by molar-refractivity contribution is -0.384. The van der Waals surface area contributed by atoms with Crippen LogP contribution in [0.3, 0.4) is 0 Å². The standard InChI is InChI=1S/C13H10ClN3O3/c14-11-6-10(3-4-12(11)17(19)20)13(18)16-8-9-2-1-5-15-7-9/h1-7H,8H2,(H,16,18). The summed E-state index contributed by atoms with van der Waals surface area (Å²) in [5.74, 6) is -0.356. The van der Waals surface area contributed by atoms with Gasteiger partial charge in [0, 0.05) is 30.6 Å². The molecule has 0 saturated carbocycles. The van der Waals surface area contributed by atoms with E-state index in [0.29, 0.717) is 6.54 Å². The van der Waals surface area contributed by atoms with E-state index in [1.165, 1.54) is 18.2 Å². The van der Waals surface area contributed by atoms with Crippen molar-refractivity contribution in [3.05, 3.63) is 69.0 Å². The lowest BCUT2D eigenvalue weighted by Crippen LogP contribution is -2.22. The van der Waals surface area contributed by atoms with Crippen molar-refractivity contribution >= 4 is 23.2 Å². The van der Waals surface area contributed by atoms with E-state index in [9.17, 15) is 14.9 Å². The summed E-state index contributed by atoms with van der Waals surface area (Å²) in [5.41, 5.74) is 0.897. The number of carbonyl (C=O) groups is 1. The van der Waals surface area contributed by atoms with Crippen LogP contribution in [0.25, 0.3) is 0 Å². The van der Waals surface area contributed by atoms with E-state index in [-0.39, 0.29) is 22.2 Å². The summed E-state index contributed by atoms with van der Waals surface area (Å²) >= 11 is 5.75. The average Bonchev–Trinajstić information content (AvgIpc) is 2.45. The van der Waals surface area contributed by atoms with Gasteiger partial charge < -0.3 is 5.32 Å². The first-order valence-electron chi connectivity index (χ1n) is 5.69. The van der Waals surface area contributed by atoms with Gasteiger partial charge in [-0.2, -0.15) is 0 Å². The van der Waals surface area contributed by atoms with Crippen LogP contribution >= 0.6 is 11.6 Å². The van der Waals surface area contributed by atoms with Crippen molar-refractivity contribution in [3.8, 4) is 0 Å². The Morgan fingerprint density at radius 2 is 2.20 bits per heavy atom. The van der Waals surface area contributed by atoms with Gasteiger partial charge in [0.2, 0.25) is 0 Å². The molecule has 0 radical (unpaired) electrons. The van der Waals surface area contributed by atoms with Crippen molar-refractivity contribution in [1.82, 2.24) is 10.3 Å². The van der Waals surface area contributed by atoms with Crippen LogP contribution in [0.4, 0.5) is 5.69 Å². The zero-order valence-electron chi connectivity index (χ0n) is 10.2. The number of aromatic nitrogens is 1. The number of hydrogen-bond acceptors (Lipinski definition) is 4. The van der Waals surface area contributed by atoms with Gasteiger partial charge in [-0.3, -0.25) is 19.9 Å². The van der Waals surface area contributed by atoms with E-state index in [0.717, 1.165) is 5.56 Å². The maximum atomic E-state index is 11.9. The first kappa shape index (κ1) is 14.0. The van der Waals surface area contributed by atoms with E-state index in [1.807, 2.05) is 6.07 Å². The van der Waals surface area contributed by atoms with Gasteiger partial charge in [0.05, 0.1) is 4.92 Å². The van der Waals surface area contributed by atoms with E-state index in [1.54, 1.807) is 18.5 Å². The van der Waals surface area contributed by atoms with Crippen LogP contribution in [0.2, 0.25) is 5.02 Å². The molecule has 2 aromatic rings. The van der Waals surface area contributed by atoms with Gasteiger partial charge in [-0.25, -0.2) is 0 Å². The number of nitrogens with one attached hydrogen (secondary N) is 1. The fraction of sp³-hybridized carbons (Fsp3) is 0.0769. The first-order chi connectivity index (χ1) is 9.58. The minimum Gasteiger partial charge on any atom is -0.348 e. The molecule has 1 aromatic heterocycles. The number of pyridine rings is 1. The Hall–Kier alpha value is -2.47. The molecule has 0 fully saturated rings. The summed E-state index contributed by atoms with van der Waals surface area (Å²) in [6, 6.07) is 7.45. The third-order valence-corrected chi connectivity index (χ3v) is 2.89. The highest BCUT2D eigenvalue weighted by Gasteiger charge is 2.15. The molecule has 0 aliphatic rings. The Kier molecular flexibility index (Phi) is 4.27. The van der Waals surface area contributed by atoms with Crippen molar-refractivity contribution in [2.75, 3.05) is 0 Å². The second-order valence-corrected chi connectivity index (χ2v) is 4.37. The molecule has 2 rings (SSSR count). The number of rotatable bonds is 4. The lowest BCUT2D eigenvalue weighted by Gasteiger charge is -2.05. The Labute approximate surface area is 119 Å². The quantitative estimate of drug-likeness (QED) is 0.693. The number of amides is 1. The summed E-state index contributed by atoms with van der Waals surface area (Å²) < 4.78 is 0. The molecule has 20 heavy (non-hydrogen) atoms. The normalized spacial score (nSPS) is 10.1. The monoisotopic (exact) mass is 291 g/mol. The van der Waals surface area contributed by atoms with Crippen molar-refractivity contribution in [1.29, 1.82) is 0 Å². The number of nitrogens with zero attached hydrogens (tertiary/aromatic N) is 2. The van der Waals surface area contributed by atoms with Crippen LogP contribution in [0.15, 0.2) is 42.7 Å². The van der Waals surface area contributed by atoms with Crippen LogP contribution in [0.1, 0.15) is 15.9 Å². The molecule has 0 aliphatic heterocycles. The van der Waals surface area contributed by atoms with Gasteiger partial charge in [0.15, 0.2) is 0 Å². The molecule has 0 bridgehead atoms. The molecule has 0 atom stereocenters. The molecule has 1 N–H and O–H groups in total. The minimum absolute atomic E-state index is 0.0657. The fourth-order valence-corrected chi connectivity index (χ4v) is 1.83. The van der Waals surface area contributed by atoms with Crippen molar-refractivity contribution < 1.29 is 9.72 Å². The highest BCUT2D eigenvalue weighted by atomic mass is 35.5. The molecule has 0 aliphatic carbocycles. The predicted molar refractivity (Wildman–Crippen MR) is 73.5 cm³/mol. The summed E-state index contributed by atoms with van der Waals surface area (Å²) in [6.07, 6.45) is 3.28. The second-order valence-electron chi connectivity index (χ2n) is 3.97. The van der Waals surface area contributed by atoms with Gasteiger partial charge in [-0.05, 0) is 23.8 Å². The van der Waals surface area contributed by atoms with E-state index in [4.69, 9.17) is 11.6 Å². The molecule has 0 unspecified atom stereocenters. The average molecular weight is 292 g/mol. The molecule has 1 aromatic carbocycles. The van der Waals surface area contributed by atoms with Crippen LogP contribution in [-0.4, -0.2) is 15.8 Å². The van der Waals surface area contributed by atoms with Gasteiger partial charge in [0.25, 0.3) is 11.6 Å². The van der Waals surface area contributed by atoms with Gasteiger partial charge in [0.1, 0.15) is 5.02 Å². The minimum atomic E-state index is -0.598. The number of carbonyl (C=O) groups excluding carboxylic acids is 1. The van der Waals surface area contributed by atoms with E-state index >= 15 is 0 Å². The summed E-state index contributed by atoms with van der Waals surface area (Å²) in [4.78, 5) is 25.9. The molecule has 1 amide bonds.